The molecule has 0 heterocycles. The Hall–Kier alpha value is -0.630. The molecule has 2 N–H and O–H groups in total. The zero-order valence-corrected chi connectivity index (χ0v) is 13.2. The van der Waals surface area contributed by atoms with E-state index in [0.717, 1.165) is 0 Å². The molecule has 0 aliphatic carbocycles. The zero-order chi connectivity index (χ0) is 14.6. The van der Waals surface area contributed by atoms with E-state index in [0.29, 0.717) is 4.47 Å². The number of carboxylic acids is 1. The molecule has 0 bridgehead atoms. The van der Waals surface area contributed by atoms with Gasteiger partial charge in [-0.2, -0.15) is 0 Å². The summed E-state index contributed by atoms with van der Waals surface area (Å²) in [6.07, 6.45) is 0.211. The number of sulfonamides is 1. The molecule has 0 aromatic heterocycles. The summed E-state index contributed by atoms with van der Waals surface area (Å²) < 4.78 is 26.9. The Bertz CT molecular complexity index is 576. The van der Waals surface area contributed by atoms with E-state index in [-0.39, 0.29) is 22.9 Å². The van der Waals surface area contributed by atoms with Crippen LogP contribution in [0.25, 0.3) is 0 Å². The number of hydrogen-bond donors (Lipinski definition) is 2. The molecule has 0 fully saturated rings. The predicted octanol–water partition coefficient (Wildman–Crippen LogP) is 2.49. The van der Waals surface area contributed by atoms with Gasteiger partial charge in [-0.3, -0.25) is 4.79 Å². The van der Waals surface area contributed by atoms with E-state index >= 15 is 0 Å². The highest BCUT2D eigenvalue weighted by Crippen LogP contribution is 2.25. The first-order valence-corrected chi connectivity index (χ1v) is 8.07. The van der Waals surface area contributed by atoms with Crippen molar-refractivity contribution in [3.05, 3.63) is 27.7 Å². The van der Waals surface area contributed by atoms with Crippen LogP contribution in [0.1, 0.15) is 13.3 Å². The third-order valence-corrected chi connectivity index (χ3v) is 4.91. The third-order valence-electron chi connectivity index (χ3n) is 2.47. The van der Waals surface area contributed by atoms with Gasteiger partial charge in [0.1, 0.15) is 4.90 Å². The van der Waals surface area contributed by atoms with Gasteiger partial charge >= 0.3 is 5.97 Å². The second-order valence-corrected chi connectivity index (χ2v) is 7.06. The van der Waals surface area contributed by atoms with Gasteiger partial charge in [0.25, 0.3) is 0 Å². The van der Waals surface area contributed by atoms with Crippen molar-refractivity contribution >= 4 is 43.5 Å². The van der Waals surface area contributed by atoms with Crippen molar-refractivity contribution in [1.29, 1.82) is 0 Å². The molecule has 19 heavy (non-hydrogen) atoms. The molecule has 1 rings (SSSR count). The number of carboxylic acid groups (broad SMARTS) is 1. The number of rotatable bonds is 6. The molecule has 8 heteroatoms. The Kier molecular flexibility index (Phi) is 5.79. The van der Waals surface area contributed by atoms with Crippen molar-refractivity contribution in [2.45, 2.75) is 18.2 Å². The summed E-state index contributed by atoms with van der Waals surface area (Å²) in [6.45, 7) is 1.56. The van der Waals surface area contributed by atoms with Crippen LogP contribution in [0.4, 0.5) is 0 Å². The maximum Gasteiger partial charge on any atom is 0.306 e. The quantitative estimate of drug-likeness (QED) is 0.806. The number of halogens is 2. The Balaban J connectivity index is 2.74. The molecule has 0 saturated carbocycles. The molecule has 5 nitrogen and oxygen atoms in total. The van der Waals surface area contributed by atoms with E-state index < -0.39 is 21.9 Å². The molecular formula is C11H13BrClNO4S. The highest BCUT2D eigenvalue weighted by Gasteiger charge is 2.18. The van der Waals surface area contributed by atoms with Crippen molar-refractivity contribution in [2.24, 2.45) is 5.92 Å². The number of benzene rings is 1. The van der Waals surface area contributed by atoms with E-state index in [9.17, 15) is 13.2 Å². The van der Waals surface area contributed by atoms with Crippen LogP contribution in [0, 0.1) is 5.92 Å². The average molecular weight is 371 g/mol. The average Bonchev–Trinajstić information content (AvgIpc) is 2.27. The summed E-state index contributed by atoms with van der Waals surface area (Å²) in [7, 11) is -3.72. The minimum atomic E-state index is -3.72. The Labute approximate surface area is 125 Å². The molecule has 0 aliphatic heterocycles. The zero-order valence-electron chi connectivity index (χ0n) is 10.1. The van der Waals surface area contributed by atoms with Gasteiger partial charge in [-0.25, -0.2) is 13.1 Å². The Morgan fingerprint density at radius 2 is 2.16 bits per heavy atom. The molecule has 106 valence electrons. The van der Waals surface area contributed by atoms with Gasteiger partial charge in [0.2, 0.25) is 10.0 Å². The van der Waals surface area contributed by atoms with Crippen molar-refractivity contribution in [3.8, 4) is 0 Å². The van der Waals surface area contributed by atoms with E-state index in [1.54, 1.807) is 6.07 Å². The van der Waals surface area contributed by atoms with Gasteiger partial charge in [-0.15, -0.1) is 0 Å². The second kappa shape index (κ2) is 6.69. The molecule has 0 spiro atoms. The molecule has 0 saturated heterocycles. The highest BCUT2D eigenvalue weighted by molar-refractivity contribution is 9.10. The summed E-state index contributed by atoms with van der Waals surface area (Å²) in [5, 5.41) is 8.80. The van der Waals surface area contributed by atoms with Crippen LogP contribution >= 0.6 is 27.5 Å². The first-order valence-electron chi connectivity index (χ1n) is 5.41. The van der Waals surface area contributed by atoms with Crippen LogP contribution in [0.3, 0.4) is 0 Å². The fourth-order valence-electron chi connectivity index (χ4n) is 1.30. The van der Waals surface area contributed by atoms with E-state index in [4.69, 9.17) is 16.7 Å². The van der Waals surface area contributed by atoms with Crippen molar-refractivity contribution < 1.29 is 18.3 Å². The normalized spacial score (nSPS) is 13.2. The third kappa shape index (κ3) is 4.76. The molecule has 1 aromatic carbocycles. The monoisotopic (exact) mass is 369 g/mol. The van der Waals surface area contributed by atoms with Crippen LogP contribution in [0.15, 0.2) is 27.6 Å². The van der Waals surface area contributed by atoms with Gasteiger partial charge in [-0.1, -0.05) is 34.5 Å². The fraction of sp³-hybridized carbons (Fsp3) is 0.364. The topological polar surface area (TPSA) is 83.5 Å². The minimum absolute atomic E-state index is 0.0275. The molecule has 1 atom stereocenters. The Morgan fingerprint density at radius 3 is 2.68 bits per heavy atom. The van der Waals surface area contributed by atoms with E-state index in [1.807, 2.05) is 0 Å². The standard InChI is InChI=1S/C11H13BrClNO4S/c1-7(11(15)16)4-5-14-19(17,18)10-3-2-8(12)6-9(10)13/h2-3,6-7,14H,4-5H2,1H3,(H,15,16). The van der Waals surface area contributed by atoms with Gasteiger partial charge in [0.05, 0.1) is 10.9 Å². The number of nitrogens with one attached hydrogen (secondary N) is 1. The number of aliphatic carboxylic acids is 1. The number of hydrogen-bond acceptors (Lipinski definition) is 3. The summed E-state index contributed by atoms with van der Waals surface area (Å²) in [6, 6.07) is 4.44. The summed E-state index contributed by atoms with van der Waals surface area (Å²) >= 11 is 9.05. The molecule has 1 aromatic rings. The van der Waals surface area contributed by atoms with Crippen LogP contribution in [0.5, 0.6) is 0 Å². The van der Waals surface area contributed by atoms with E-state index in [1.165, 1.54) is 19.1 Å². The molecule has 1 unspecified atom stereocenters. The Morgan fingerprint density at radius 1 is 1.53 bits per heavy atom. The highest BCUT2D eigenvalue weighted by atomic mass is 79.9. The van der Waals surface area contributed by atoms with Crippen LogP contribution in [-0.4, -0.2) is 26.0 Å². The lowest BCUT2D eigenvalue weighted by Crippen LogP contribution is -2.27. The summed E-state index contributed by atoms with van der Waals surface area (Å²) in [5.41, 5.74) is 0. The van der Waals surface area contributed by atoms with Crippen LogP contribution in [-0.2, 0) is 14.8 Å². The second-order valence-electron chi connectivity index (χ2n) is 4.00. The predicted molar refractivity (Wildman–Crippen MR) is 75.8 cm³/mol. The molecule has 0 amide bonds. The molecule has 0 aliphatic rings. The SMILES string of the molecule is CC(CCNS(=O)(=O)c1ccc(Br)cc1Cl)C(=O)O. The van der Waals surface area contributed by atoms with Gasteiger partial charge in [0, 0.05) is 11.0 Å². The first-order chi connectivity index (χ1) is 8.74. The summed E-state index contributed by atoms with van der Waals surface area (Å²) in [4.78, 5) is 10.6. The lowest BCUT2D eigenvalue weighted by atomic mass is 10.1. The van der Waals surface area contributed by atoms with Gasteiger partial charge < -0.3 is 5.11 Å². The van der Waals surface area contributed by atoms with Crippen LogP contribution < -0.4 is 4.72 Å². The lowest BCUT2D eigenvalue weighted by molar-refractivity contribution is -0.141. The minimum Gasteiger partial charge on any atom is -0.481 e. The van der Waals surface area contributed by atoms with Crippen molar-refractivity contribution in [1.82, 2.24) is 4.72 Å². The number of carbonyl (C=O) groups is 1. The van der Waals surface area contributed by atoms with Crippen molar-refractivity contribution in [3.63, 3.8) is 0 Å². The van der Waals surface area contributed by atoms with Gasteiger partial charge in [-0.05, 0) is 24.6 Å². The van der Waals surface area contributed by atoms with Crippen molar-refractivity contribution in [2.75, 3.05) is 6.54 Å². The van der Waals surface area contributed by atoms with Gasteiger partial charge in [0.15, 0.2) is 0 Å². The molecule has 0 radical (unpaired) electrons. The maximum atomic E-state index is 12.0. The largest absolute Gasteiger partial charge is 0.481 e. The first kappa shape index (κ1) is 16.4. The maximum absolute atomic E-state index is 12.0. The van der Waals surface area contributed by atoms with Crippen LogP contribution in [0.2, 0.25) is 5.02 Å². The molecular weight excluding hydrogens is 358 g/mol. The summed E-state index contributed by atoms with van der Waals surface area (Å²) in [5.74, 6) is -1.57. The lowest BCUT2D eigenvalue weighted by Gasteiger charge is -2.10. The smallest absolute Gasteiger partial charge is 0.306 e. The fourth-order valence-corrected chi connectivity index (χ4v) is 3.39. The van der Waals surface area contributed by atoms with E-state index in [2.05, 4.69) is 20.7 Å².